The standard InChI is InChI=1S/C10H9BrN2S/c1-6-4-3-5-7(2)8(6)9-12-10(11)13-14-9/h3-5H,1-2H3. The fourth-order valence-electron chi connectivity index (χ4n) is 1.46. The Balaban J connectivity index is 2.61. The summed E-state index contributed by atoms with van der Waals surface area (Å²) in [5, 5.41) is 0.979. The second-order valence-corrected chi connectivity index (χ2v) is 4.60. The second-order valence-electron chi connectivity index (χ2n) is 3.14. The zero-order chi connectivity index (χ0) is 10.1. The summed E-state index contributed by atoms with van der Waals surface area (Å²) in [7, 11) is 0. The van der Waals surface area contributed by atoms with E-state index in [-0.39, 0.29) is 0 Å². The van der Waals surface area contributed by atoms with Gasteiger partial charge >= 0.3 is 0 Å². The molecule has 0 fully saturated rings. The Morgan fingerprint density at radius 3 is 2.36 bits per heavy atom. The van der Waals surface area contributed by atoms with Gasteiger partial charge in [-0.1, -0.05) is 18.2 Å². The van der Waals surface area contributed by atoms with Gasteiger partial charge in [-0.15, -0.1) is 0 Å². The summed E-state index contributed by atoms with van der Waals surface area (Å²) >= 11 is 4.69. The molecule has 0 radical (unpaired) electrons. The van der Waals surface area contributed by atoms with Gasteiger partial charge in [-0.05, 0) is 52.4 Å². The summed E-state index contributed by atoms with van der Waals surface area (Å²) in [5.41, 5.74) is 3.69. The number of benzene rings is 1. The smallest absolute Gasteiger partial charge is 0.209 e. The Kier molecular flexibility index (Phi) is 2.65. The average molecular weight is 269 g/mol. The summed E-state index contributed by atoms with van der Waals surface area (Å²) < 4.78 is 4.79. The van der Waals surface area contributed by atoms with Crippen LogP contribution in [0.5, 0.6) is 0 Å². The van der Waals surface area contributed by atoms with Crippen LogP contribution in [0.25, 0.3) is 10.6 Å². The van der Waals surface area contributed by atoms with E-state index < -0.39 is 0 Å². The van der Waals surface area contributed by atoms with E-state index in [4.69, 9.17) is 0 Å². The largest absolute Gasteiger partial charge is 0.209 e. The number of halogens is 1. The van der Waals surface area contributed by atoms with Crippen LogP contribution in [0.4, 0.5) is 0 Å². The lowest BCUT2D eigenvalue weighted by Gasteiger charge is -2.04. The number of hydrogen-bond acceptors (Lipinski definition) is 3. The monoisotopic (exact) mass is 268 g/mol. The SMILES string of the molecule is Cc1cccc(C)c1-c1nc(Br)ns1. The highest BCUT2D eigenvalue weighted by Crippen LogP contribution is 2.29. The molecular weight excluding hydrogens is 260 g/mol. The lowest BCUT2D eigenvalue weighted by Crippen LogP contribution is -1.86. The molecule has 0 saturated heterocycles. The van der Waals surface area contributed by atoms with E-state index in [0.29, 0.717) is 4.73 Å². The van der Waals surface area contributed by atoms with Crippen molar-refractivity contribution < 1.29 is 0 Å². The maximum Gasteiger partial charge on any atom is 0.209 e. The number of hydrogen-bond donors (Lipinski definition) is 0. The van der Waals surface area contributed by atoms with Crippen molar-refractivity contribution in [3.63, 3.8) is 0 Å². The molecule has 0 spiro atoms. The number of nitrogens with zero attached hydrogens (tertiary/aromatic N) is 2. The van der Waals surface area contributed by atoms with Gasteiger partial charge in [-0.25, -0.2) is 4.98 Å². The van der Waals surface area contributed by atoms with Crippen molar-refractivity contribution in [3.05, 3.63) is 34.1 Å². The van der Waals surface area contributed by atoms with Crippen molar-refractivity contribution in [1.82, 2.24) is 9.36 Å². The number of rotatable bonds is 1. The molecule has 4 heteroatoms. The minimum atomic E-state index is 0.667. The Morgan fingerprint density at radius 1 is 1.21 bits per heavy atom. The van der Waals surface area contributed by atoms with Crippen LogP contribution < -0.4 is 0 Å². The number of aromatic nitrogens is 2. The molecule has 0 aliphatic carbocycles. The van der Waals surface area contributed by atoms with Gasteiger partial charge in [0.2, 0.25) is 4.73 Å². The van der Waals surface area contributed by atoms with Crippen LogP contribution in [0.3, 0.4) is 0 Å². The predicted octanol–water partition coefficient (Wildman–Crippen LogP) is 3.58. The minimum Gasteiger partial charge on any atom is -0.209 e. The third-order valence-corrected chi connectivity index (χ3v) is 3.42. The molecule has 0 atom stereocenters. The molecule has 0 bridgehead atoms. The van der Waals surface area contributed by atoms with E-state index in [9.17, 15) is 0 Å². The first-order chi connectivity index (χ1) is 6.68. The van der Waals surface area contributed by atoms with Gasteiger partial charge < -0.3 is 0 Å². The summed E-state index contributed by atoms with van der Waals surface area (Å²) in [6.07, 6.45) is 0. The van der Waals surface area contributed by atoms with Crippen LogP contribution in [-0.4, -0.2) is 9.36 Å². The van der Waals surface area contributed by atoms with Gasteiger partial charge in [0.05, 0.1) is 0 Å². The van der Waals surface area contributed by atoms with Crippen molar-refractivity contribution in [1.29, 1.82) is 0 Å². The molecule has 2 rings (SSSR count). The third-order valence-electron chi connectivity index (χ3n) is 2.10. The predicted molar refractivity (Wildman–Crippen MR) is 62.5 cm³/mol. The van der Waals surface area contributed by atoms with Crippen LogP contribution in [-0.2, 0) is 0 Å². The minimum absolute atomic E-state index is 0.667. The Labute approximate surface area is 95.3 Å². The fraction of sp³-hybridized carbons (Fsp3) is 0.200. The van der Waals surface area contributed by atoms with Crippen molar-refractivity contribution in [2.24, 2.45) is 0 Å². The van der Waals surface area contributed by atoms with Gasteiger partial charge in [0, 0.05) is 5.56 Å². The van der Waals surface area contributed by atoms with E-state index in [1.807, 2.05) is 0 Å². The highest BCUT2D eigenvalue weighted by molar-refractivity contribution is 9.10. The maximum atomic E-state index is 4.33. The summed E-state index contributed by atoms with van der Waals surface area (Å²) in [6, 6.07) is 6.25. The van der Waals surface area contributed by atoms with Crippen LogP contribution >= 0.6 is 27.5 Å². The second kappa shape index (κ2) is 3.79. The molecule has 0 saturated carbocycles. The van der Waals surface area contributed by atoms with Crippen LogP contribution in [0.2, 0.25) is 0 Å². The zero-order valence-electron chi connectivity index (χ0n) is 7.91. The zero-order valence-corrected chi connectivity index (χ0v) is 10.3. The average Bonchev–Trinajstić information content (AvgIpc) is 2.51. The van der Waals surface area contributed by atoms with E-state index in [1.54, 1.807) is 0 Å². The third kappa shape index (κ3) is 1.72. The molecule has 0 amide bonds. The first kappa shape index (κ1) is 9.80. The summed E-state index contributed by atoms with van der Waals surface area (Å²) in [4.78, 5) is 4.33. The highest BCUT2D eigenvalue weighted by atomic mass is 79.9. The Hall–Kier alpha value is -0.740. The maximum absolute atomic E-state index is 4.33. The molecule has 1 aromatic carbocycles. The fourth-order valence-corrected chi connectivity index (χ4v) is 2.71. The molecule has 0 aliphatic rings. The molecule has 1 heterocycles. The van der Waals surface area contributed by atoms with Crippen LogP contribution in [0.15, 0.2) is 22.9 Å². The highest BCUT2D eigenvalue weighted by Gasteiger charge is 2.09. The van der Waals surface area contributed by atoms with Crippen molar-refractivity contribution in [2.75, 3.05) is 0 Å². The van der Waals surface area contributed by atoms with Gasteiger partial charge in [-0.2, -0.15) is 4.37 Å². The van der Waals surface area contributed by atoms with Crippen molar-refractivity contribution in [3.8, 4) is 10.6 Å². The lowest BCUT2D eigenvalue weighted by atomic mass is 10.0. The van der Waals surface area contributed by atoms with Crippen molar-refractivity contribution >= 4 is 27.5 Å². The molecule has 1 aromatic heterocycles. The Bertz CT molecular complexity index is 445. The molecular formula is C10H9BrN2S. The van der Waals surface area contributed by atoms with E-state index in [2.05, 4.69) is 57.3 Å². The van der Waals surface area contributed by atoms with Crippen LogP contribution in [0, 0.1) is 13.8 Å². The molecule has 2 aromatic rings. The first-order valence-corrected chi connectivity index (χ1v) is 5.81. The van der Waals surface area contributed by atoms with Gasteiger partial charge in [0.1, 0.15) is 5.01 Å². The molecule has 0 N–H and O–H groups in total. The normalized spacial score (nSPS) is 10.5. The molecule has 72 valence electrons. The molecule has 0 unspecified atom stereocenters. The lowest BCUT2D eigenvalue weighted by molar-refractivity contribution is 1.25. The molecule has 14 heavy (non-hydrogen) atoms. The topological polar surface area (TPSA) is 25.8 Å². The molecule has 0 aliphatic heterocycles. The van der Waals surface area contributed by atoms with Gasteiger partial charge in [0.25, 0.3) is 0 Å². The van der Waals surface area contributed by atoms with Crippen LogP contribution in [0.1, 0.15) is 11.1 Å². The number of aryl methyl sites for hydroxylation is 2. The van der Waals surface area contributed by atoms with Crippen molar-refractivity contribution in [2.45, 2.75) is 13.8 Å². The quantitative estimate of drug-likeness (QED) is 0.790. The summed E-state index contributed by atoms with van der Waals surface area (Å²) in [5.74, 6) is 0. The summed E-state index contributed by atoms with van der Waals surface area (Å²) in [6.45, 7) is 4.19. The van der Waals surface area contributed by atoms with E-state index >= 15 is 0 Å². The van der Waals surface area contributed by atoms with E-state index in [1.165, 1.54) is 28.2 Å². The van der Waals surface area contributed by atoms with E-state index in [0.717, 1.165) is 5.01 Å². The Morgan fingerprint density at radius 2 is 1.86 bits per heavy atom. The first-order valence-electron chi connectivity index (χ1n) is 4.24. The van der Waals surface area contributed by atoms with Gasteiger partial charge in [-0.3, -0.25) is 0 Å². The van der Waals surface area contributed by atoms with Gasteiger partial charge in [0.15, 0.2) is 0 Å². The molecule has 2 nitrogen and oxygen atoms in total.